The Morgan fingerprint density at radius 3 is 2.61 bits per heavy atom. The molecule has 2 aliphatic carbocycles. The highest BCUT2D eigenvalue weighted by atomic mass is 35.5. The number of halogens is 1. The average Bonchev–Trinajstić information content (AvgIpc) is 2.90. The molecule has 0 bridgehead atoms. The van der Waals surface area contributed by atoms with E-state index in [1.54, 1.807) is 12.1 Å². The van der Waals surface area contributed by atoms with Crippen molar-refractivity contribution in [1.29, 1.82) is 0 Å². The fraction of sp³-hybridized carbons (Fsp3) is 0.526. The molecule has 1 saturated carbocycles. The standard InChI is InChI=1S/C19H23ClN2O/c20-15-10-8-14(9-11-15)18(23)22-19(12-4-1-5-13-19)16-6-2-3-7-17(16)21-22/h7-11,16,21H,1-6,12-13H2/t16-/m1/s1. The molecule has 1 heterocycles. The summed E-state index contributed by atoms with van der Waals surface area (Å²) in [5.74, 6) is 0.576. The van der Waals surface area contributed by atoms with Gasteiger partial charge in [-0.2, -0.15) is 0 Å². The first-order valence-corrected chi connectivity index (χ1v) is 9.15. The fourth-order valence-corrected chi connectivity index (χ4v) is 4.79. The molecule has 0 unspecified atom stereocenters. The zero-order chi connectivity index (χ0) is 15.9. The van der Waals surface area contributed by atoms with Gasteiger partial charge in [-0.1, -0.05) is 36.9 Å². The Kier molecular flexibility index (Phi) is 3.84. The number of hydrazine groups is 1. The number of carbonyl (C=O) groups excluding carboxylic acids is 1. The summed E-state index contributed by atoms with van der Waals surface area (Å²) in [7, 11) is 0. The molecule has 3 nitrogen and oxygen atoms in total. The predicted molar refractivity (Wildman–Crippen MR) is 92.0 cm³/mol. The minimum absolute atomic E-state index is 0.0266. The van der Waals surface area contributed by atoms with Crippen molar-refractivity contribution < 1.29 is 4.79 Å². The summed E-state index contributed by atoms with van der Waals surface area (Å²) < 4.78 is 0. The maximum atomic E-state index is 13.2. The lowest BCUT2D eigenvalue weighted by molar-refractivity contribution is 0.0226. The number of rotatable bonds is 1. The predicted octanol–water partition coefficient (Wildman–Crippen LogP) is 4.69. The number of allylic oxidation sites excluding steroid dienone is 1. The molecular weight excluding hydrogens is 308 g/mol. The minimum atomic E-state index is -0.0266. The lowest BCUT2D eigenvalue weighted by Crippen LogP contribution is -2.54. The van der Waals surface area contributed by atoms with Crippen molar-refractivity contribution in [3.05, 3.63) is 46.6 Å². The largest absolute Gasteiger partial charge is 0.299 e. The first-order chi connectivity index (χ1) is 11.2. The second kappa shape index (κ2) is 5.86. The van der Waals surface area contributed by atoms with E-state index in [9.17, 15) is 4.79 Å². The molecule has 1 amide bonds. The monoisotopic (exact) mass is 330 g/mol. The second-order valence-electron chi connectivity index (χ2n) is 7.07. The fourth-order valence-electron chi connectivity index (χ4n) is 4.67. The molecule has 1 atom stereocenters. The number of nitrogens with one attached hydrogen (secondary N) is 1. The van der Waals surface area contributed by atoms with E-state index in [0.29, 0.717) is 16.5 Å². The first-order valence-electron chi connectivity index (χ1n) is 8.77. The Hall–Kier alpha value is -1.48. The maximum absolute atomic E-state index is 13.2. The topological polar surface area (TPSA) is 32.3 Å². The van der Waals surface area contributed by atoms with Crippen LogP contribution in [0.25, 0.3) is 0 Å². The van der Waals surface area contributed by atoms with Crippen LogP contribution in [0.4, 0.5) is 0 Å². The number of hydrogen-bond acceptors (Lipinski definition) is 2. The van der Waals surface area contributed by atoms with Crippen molar-refractivity contribution in [3.63, 3.8) is 0 Å². The Bertz CT molecular complexity index is 631. The normalized spacial score (nSPS) is 25.7. The highest BCUT2D eigenvalue weighted by molar-refractivity contribution is 6.30. The molecule has 2 fully saturated rings. The average molecular weight is 331 g/mol. The summed E-state index contributed by atoms with van der Waals surface area (Å²) in [6.07, 6.45) is 11.8. The highest BCUT2D eigenvalue weighted by Crippen LogP contribution is 2.49. The third kappa shape index (κ3) is 2.46. The molecule has 3 aliphatic rings. The smallest absolute Gasteiger partial charge is 0.272 e. The summed E-state index contributed by atoms with van der Waals surface area (Å²) in [6, 6.07) is 7.26. The summed E-state index contributed by atoms with van der Waals surface area (Å²) >= 11 is 5.97. The van der Waals surface area contributed by atoms with Crippen molar-refractivity contribution in [2.24, 2.45) is 5.92 Å². The molecule has 1 spiro atoms. The van der Waals surface area contributed by atoms with Crippen LogP contribution in [-0.2, 0) is 0 Å². The van der Waals surface area contributed by atoms with Gasteiger partial charge in [0.05, 0.1) is 5.54 Å². The van der Waals surface area contributed by atoms with E-state index in [4.69, 9.17) is 11.6 Å². The zero-order valence-electron chi connectivity index (χ0n) is 13.4. The van der Waals surface area contributed by atoms with E-state index in [2.05, 4.69) is 11.5 Å². The number of benzene rings is 1. The van der Waals surface area contributed by atoms with E-state index in [0.717, 1.165) is 19.3 Å². The van der Waals surface area contributed by atoms with Gasteiger partial charge >= 0.3 is 0 Å². The number of fused-ring (bicyclic) bond motifs is 2. The molecule has 1 aromatic rings. The van der Waals surface area contributed by atoms with Gasteiger partial charge in [-0.3, -0.25) is 10.2 Å². The molecule has 4 rings (SSSR count). The lowest BCUT2D eigenvalue weighted by Gasteiger charge is -2.43. The summed E-state index contributed by atoms with van der Waals surface area (Å²) in [5, 5.41) is 2.64. The van der Waals surface area contributed by atoms with E-state index < -0.39 is 0 Å². The minimum Gasteiger partial charge on any atom is -0.299 e. The van der Waals surface area contributed by atoms with Crippen molar-refractivity contribution in [2.45, 2.75) is 56.9 Å². The van der Waals surface area contributed by atoms with Crippen LogP contribution in [0.1, 0.15) is 61.7 Å². The third-order valence-corrected chi connectivity index (χ3v) is 6.04. The van der Waals surface area contributed by atoms with Gasteiger partial charge in [0.15, 0.2) is 0 Å². The van der Waals surface area contributed by atoms with Crippen LogP contribution in [0.15, 0.2) is 36.0 Å². The molecule has 1 N–H and O–H groups in total. The van der Waals surface area contributed by atoms with Gasteiger partial charge < -0.3 is 0 Å². The maximum Gasteiger partial charge on any atom is 0.272 e. The molecule has 0 radical (unpaired) electrons. The van der Waals surface area contributed by atoms with E-state index in [-0.39, 0.29) is 11.4 Å². The Balaban J connectivity index is 1.70. The van der Waals surface area contributed by atoms with Crippen molar-refractivity contribution in [1.82, 2.24) is 10.4 Å². The molecule has 23 heavy (non-hydrogen) atoms. The summed E-state index contributed by atoms with van der Waals surface area (Å²) in [4.78, 5) is 13.2. The van der Waals surface area contributed by atoms with Crippen LogP contribution < -0.4 is 5.43 Å². The van der Waals surface area contributed by atoms with Gasteiger partial charge in [-0.05, 0) is 56.4 Å². The van der Waals surface area contributed by atoms with Crippen LogP contribution >= 0.6 is 11.6 Å². The third-order valence-electron chi connectivity index (χ3n) is 5.79. The molecule has 1 saturated heterocycles. The number of nitrogens with zero attached hydrogens (tertiary/aromatic N) is 1. The Morgan fingerprint density at radius 2 is 1.87 bits per heavy atom. The molecule has 122 valence electrons. The van der Waals surface area contributed by atoms with E-state index >= 15 is 0 Å². The molecule has 1 aliphatic heterocycles. The van der Waals surface area contributed by atoms with Gasteiger partial charge in [-0.25, -0.2) is 5.01 Å². The Labute approximate surface area is 142 Å². The van der Waals surface area contributed by atoms with Crippen LogP contribution in [0.2, 0.25) is 5.02 Å². The van der Waals surface area contributed by atoms with Gasteiger partial charge in [-0.15, -0.1) is 0 Å². The second-order valence-corrected chi connectivity index (χ2v) is 7.50. The molecular formula is C19H23ClN2O. The number of carbonyl (C=O) groups is 1. The molecule has 4 heteroatoms. The van der Waals surface area contributed by atoms with Crippen molar-refractivity contribution >= 4 is 17.5 Å². The van der Waals surface area contributed by atoms with Gasteiger partial charge in [0.25, 0.3) is 5.91 Å². The quantitative estimate of drug-likeness (QED) is 0.810. The Morgan fingerprint density at radius 1 is 1.13 bits per heavy atom. The van der Waals surface area contributed by atoms with Crippen LogP contribution in [0, 0.1) is 5.92 Å². The van der Waals surface area contributed by atoms with Crippen LogP contribution in [0.3, 0.4) is 0 Å². The van der Waals surface area contributed by atoms with Gasteiger partial charge in [0.1, 0.15) is 0 Å². The first kappa shape index (κ1) is 15.1. The van der Waals surface area contributed by atoms with E-state index in [1.165, 1.54) is 37.8 Å². The van der Waals surface area contributed by atoms with Gasteiger partial charge in [0, 0.05) is 22.2 Å². The van der Waals surface area contributed by atoms with Crippen LogP contribution in [-0.4, -0.2) is 16.5 Å². The summed E-state index contributed by atoms with van der Waals surface area (Å²) in [6.45, 7) is 0. The van der Waals surface area contributed by atoms with E-state index in [1.807, 2.05) is 17.1 Å². The number of amides is 1. The molecule has 1 aromatic carbocycles. The number of hydrogen-bond donors (Lipinski definition) is 1. The van der Waals surface area contributed by atoms with Crippen molar-refractivity contribution in [2.75, 3.05) is 0 Å². The molecule has 0 aromatic heterocycles. The zero-order valence-corrected chi connectivity index (χ0v) is 14.1. The van der Waals surface area contributed by atoms with Gasteiger partial charge in [0.2, 0.25) is 0 Å². The summed E-state index contributed by atoms with van der Waals surface area (Å²) in [5.41, 5.74) is 5.44. The highest BCUT2D eigenvalue weighted by Gasteiger charge is 2.53. The SMILES string of the molecule is O=C(c1ccc(Cl)cc1)N1NC2=CCCC[C@H]2C12CCCCC2. The lowest BCUT2D eigenvalue weighted by atomic mass is 9.69. The van der Waals surface area contributed by atoms with Crippen LogP contribution in [0.5, 0.6) is 0 Å². The van der Waals surface area contributed by atoms with Crippen molar-refractivity contribution in [3.8, 4) is 0 Å².